The zero-order chi connectivity index (χ0) is 29.3. The summed E-state index contributed by atoms with van der Waals surface area (Å²) in [6, 6.07) is 17.0. The number of urea groups is 1. The van der Waals surface area contributed by atoms with Gasteiger partial charge in [0, 0.05) is 42.9 Å². The summed E-state index contributed by atoms with van der Waals surface area (Å²) in [5, 5.41) is 13.8. The topological polar surface area (TPSA) is 106 Å². The fourth-order valence-electron chi connectivity index (χ4n) is 4.78. The summed E-state index contributed by atoms with van der Waals surface area (Å²) in [5.41, 5.74) is 3.53. The molecular weight excluding hydrogens is 521 g/mol. The van der Waals surface area contributed by atoms with E-state index in [0.717, 1.165) is 22.3 Å². The van der Waals surface area contributed by atoms with Crippen LogP contribution in [-0.2, 0) is 6.54 Å². The summed E-state index contributed by atoms with van der Waals surface area (Å²) in [7, 11) is 1.77. The van der Waals surface area contributed by atoms with Crippen LogP contribution >= 0.6 is 0 Å². The smallest absolute Gasteiger partial charge is 0.324 e. The largest absolute Gasteiger partial charge is 0.373 e. The predicted octanol–water partition coefficient (Wildman–Crippen LogP) is 6.53. The fourth-order valence-corrected chi connectivity index (χ4v) is 4.78. The number of fused-ring (bicyclic) bond motifs is 1. The van der Waals surface area contributed by atoms with Crippen molar-refractivity contribution in [1.29, 1.82) is 0 Å². The first kappa shape index (κ1) is 27.6. The average Bonchev–Trinajstić information content (AvgIpc) is 3.38. The second kappa shape index (κ2) is 11.2. The van der Waals surface area contributed by atoms with E-state index in [-0.39, 0.29) is 17.2 Å². The van der Waals surface area contributed by atoms with Gasteiger partial charge in [0.15, 0.2) is 0 Å². The van der Waals surface area contributed by atoms with E-state index in [1.54, 1.807) is 41.5 Å². The van der Waals surface area contributed by atoms with Gasteiger partial charge in [-0.15, -0.1) is 0 Å². The molecule has 2 aromatic carbocycles. The zero-order valence-corrected chi connectivity index (χ0v) is 23.6. The van der Waals surface area contributed by atoms with Crippen LogP contribution in [0, 0.1) is 12.7 Å². The van der Waals surface area contributed by atoms with Crippen LogP contribution in [0.4, 0.5) is 26.5 Å². The first-order chi connectivity index (χ1) is 19.7. The van der Waals surface area contributed by atoms with Gasteiger partial charge in [-0.05, 0) is 61.2 Å². The Kier molecular flexibility index (Phi) is 7.56. The first-order valence-electron chi connectivity index (χ1n) is 13.4. The van der Waals surface area contributed by atoms with Crippen LogP contribution in [0.3, 0.4) is 0 Å². The standard InChI is InChI=1S/C31H32FN7O2/c1-6-38-27-16-28(33-5)34-17-20(27)13-23(30(38)40)22-14-26(24(32)12-19(22)4)35-31(41)36-29-15-25(18(2)3)37-39(29)21-10-8-7-9-11-21/h7-18H,6H2,1-5H3,(H,33,34)(H2,35,36,41). The third kappa shape index (κ3) is 5.41. The SMILES string of the molecule is CCn1c(=O)c(-c2cc(NC(=O)Nc3cc(C(C)C)nn3-c3ccccc3)c(F)cc2C)cc2cnc(NC)cc21. The fraction of sp³-hybridized carbons (Fsp3) is 0.226. The number of amides is 2. The van der Waals surface area contributed by atoms with Crippen molar-refractivity contribution < 1.29 is 9.18 Å². The number of aryl methyl sites for hydroxylation is 2. The summed E-state index contributed by atoms with van der Waals surface area (Å²) in [5.74, 6) is 0.614. The molecule has 0 aliphatic heterocycles. The molecule has 9 nitrogen and oxygen atoms in total. The molecule has 3 N–H and O–H groups in total. The number of rotatable bonds is 7. The Morgan fingerprint density at radius 1 is 1.02 bits per heavy atom. The van der Waals surface area contributed by atoms with Crippen molar-refractivity contribution in [3.05, 3.63) is 94.3 Å². The molecule has 0 unspecified atom stereocenters. The van der Waals surface area contributed by atoms with Gasteiger partial charge >= 0.3 is 6.03 Å². The Morgan fingerprint density at radius 3 is 2.46 bits per heavy atom. The van der Waals surface area contributed by atoms with Gasteiger partial charge in [0.1, 0.15) is 17.5 Å². The van der Waals surface area contributed by atoms with Crippen LogP contribution < -0.4 is 21.5 Å². The Morgan fingerprint density at radius 2 is 1.78 bits per heavy atom. The van der Waals surface area contributed by atoms with Crippen LogP contribution in [0.5, 0.6) is 0 Å². The molecule has 41 heavy (non-hydrogen) atoms. The van der Waals surface area contributed by atoms with E-state index in [0.29, 0.717) is 34.9 Å². The summed E-state index contributed by atoms with van der Waals surface area (Å²) in [6.45, 7) is 8.09. The van der Waals surface area contributed by atoms with E-state index in [1.807, 2.05) is 57.2 Å². The van der Waals surface area contributed by atoms with E-state index in [4.69, 9.17) is 0 Å². The molecule has 0 saturated heterocycles. The van der Waals surface area contributed by atoms with Gasteiger partial charge in [-0.2, -0.15) is 5.10 Å². The number of halogens is 1. The lowest BCUT2D eigenvalue weighted by atomic mass is 9.99. The number of hydrogen-bond donors (Lipinski definition) is 3. The van der Waals surface area contributed by atoms with Gasteiger partial charge in [-0.1, -0.05) is 32.0 Å². The Balaban J connectivity index is 1.50. The quantitative estimate of drug-likeness (QED) is 0.213. The second-order valence-electron chi connectivity index (χ2n) is 10.1. The van der Waals surface area contributed by atoms with Crippen molar-refractivity contribution in [2.45, 2.75) is 40.2 Å². The number of hydrogen-bond acceptors (Lipinski definition) is 5. The molecule has 3 heterocycles. The summed E-state index contributed by atoms with van der Waals surface area (Å²) in [6.07, 6.45) is 1.70. The molecule has 10 heteroatoms. The molecule has 0 saturated carbocycles. The normalized spacial score (nSPS) is 11.2. The number of anilines is 3. The van der Waals surface area contributed by atoms with Crippen molar-refractivity contribution >= 4 is 34.3 Å². The van der Waals surface area contributed by atoms with Crippen LogP contribution in [0.1, 0.15) is 37.9 Å². The van der Waals surface area contributed by atoms with Crippen LogP contribution in [0.15, 0.2) is 71.7 Å². The molecule has 5 aromatic rings. The highest BCUT2D eigenvalue weighted by Crippen LogP contribution is 2.30. The number of pyridine rings is 2. The number of nitrogens with zero attached hydrogens (tertiary/aromatic N) is 4. The third-order valence-corrected chi connectivity index (χ3v) is 6.97. The van der Waals surface area contributed by atoms with Crippen molar-refractivity contribution in [1.82, 2.24) is 19.3 Å². The molecule has 0 bridgehead atoms. The minimum absolute atomic E-state index is 0.0517. The molecule has 0 fully saturated rings. The van der Waals surface area contributed by atoms with Crippen molar-refractivity contribution in [3.8, 4) is 16.8 Å². The summed E-state index contributed by atoms with van der Waals surface area (Å²) >= 11 is 0. The third-order valence-electron chi connectivity index (χ3n) is 6.97. The Hall–Kier alpha value is -4.99. The number of carbonyl (C=O) groups excluding carboxylic acids is 1. The molecule has 0 spiro atoms. The van der Waals surface area contributed by atoms with E-state index < -0.39 is 11.8 Å². The lowest BCUT2D eigenvalue weighted by molar-refractivity contribution is 0.262. The molecule has 5 rings (SSSR count). The molecule has 2 amide bonds. The van der Waals surface area contributed by atoms with Gasteiger partial charge in [-0.3, -0.25) is 10.1 Å². The van der Waals surface area contributed by atoms with Crippen molar-refractivity contribution in [3.63, 3.8) is 0 Å². The maximum absolute atomic E-state index is 15.1. The molecule has 0 aliphatic rings. The average molecular weight is 554 g/mol. The lowest BCUT2D eigenvalue weighted by Crippen LogP contribution is -2.23. The maximum Gasteiger partial charge on any atom is 0.324 e. The van der Waals surface area contributed by atoms with Gasteiger partial charge in [0.2, 0.25) is 0 Å². The molecule has 210 valence electrons. The molecule has 3 aromatic heterocycles. The van der Waals surface area contributed by atoms with Crippen LogP contribution in [0.25, 0.3) is 27.7 Å². The highest BCUT2D eigenvalue weighted by atomic mass is 19.1. The first-order valence-corrected chi connectivity index (χ1v) is 13.4. The van der Waals surface area contributed by atoms with Crippen LogP contribution in [0.2, 0.25) is 0 Å². The highest BCUT2D eigenvalue weighted by molar-refractivity contribution is 6.00. The second-order valence-corrected chi connectivity index (χ2v) is 10.1. The summed E-state index contributed by atoms with van der Waals surface area (Å²) in [4.78, 5) is 31.1. The Bertz CT molecular complexity index is 1810. The van der Waals surface area contributed by atoms with Gasteiger partial charge in [0.25, 0.3) is 5.56 Å². The van der Waals surface area contributed by atoms with Gasteiger partial charge < -0.3 is 15.2 Å². The van der Waals surface area contributed by atoms with E-state index >= 15 is 4.39 Å². The molecule has 0 aliphatic carbocycles. The van der Waals surface area contributed by atoms with Gasteiger partial charge in [0.05, 0.1) is 22.6 Å². The monoisotopic (exact) mass is 553 g/mol. The van der Waals surface area contributed by atoms with Crippen LogP contribution in [-0.4, -0.2) is 32.4 Å². The molecular formula is C31H32FN7O2. The Labute approximate surface area is 237 Å². The number of carbonyl (C=O) groups is 1. The molecule has 0 atom stereocenters. The molecule has 0 radical (unpaired) electrons. The van der Waals surface area contributed by atoms with E-state index in [2.05, 4.69) is 26.0 Å². The minimum Gasteiger partial charge on any atom is -0.373 e. The van der Waals surface area contributed by atoms with Crippen molar-refractivity contribution in [2.24, 2.45) is 0 Å². The zero-order valence-electron chi connectivity index (χ0n) is 23.6. The van der Waals surface area contributed by atoms with E-state index in [9.17, 15) is 9.59 Å². The predicted molar refractivity (Wildman–Crippen MR) is 162 cm³/mol. The number of benzene rings is 2. The highest BCUT2D eigenvalue weighted by Gasteiger charge is 2.19. The minimum atomic E-state index is -0.639. The lowest BCUT2D eigenvalue weighted by Gasteiger charge is -2.15. The maximum atomic E-state index is 15.1. The van der Waals surface area contributed by atoms with E-state index in [1.165, 1.54) is 12.1 Å². The van der Waals surface area contributed by atoms with Gasteiger partial charge in [-0.25, -0.2) is 18.9 Å². The summed E-state index contributed by atoms with van der Waals surface area (Å²) < 4.78 is 18.4. The number of para-hydroxylation sites is 1. The number of aromatic nitrogens is 4. The van der Waals surface area contributed by atoms with Crippen molar-refractivity contribution in [2.75, 3.05) is 23.0 Å². The number of nitrogens with one attached hydrogen (secondary N) is 3.